The molecule has 3 nitrogen and oxygen atoms in total. The van der Waals surface area contributed by atoms with Gasteiger partial charge in [0.05, 0.1) is 0 Å². The number of anilines is 1. The Balaban J connectivity index is 1.81. The molecule has 1 aliphatic heterocycles. The van der Waals surface area contributed by atoms with E-state index in [1.807, 2.05) is 17.0 Å². The molecule has 1 fully saturated rings. The molecule has 1 aliphatic rings. The SMILES string of the molecule is Cc1ccc(N2CCCC2=O)cc1-c1cc(-n2cccc2)ccc1C. The van der Waals surface area contributed by atoms with Crippen molar-refractivity contribution in [1.29, 1.82) is 0 Å². The Morgan fingerprint density at radius 3 is 2.04 bits per heavy atom. The van der Waals surface area contributed by atoms with E-state index in [1.165, 1.54) is 22.3 Å². The molecule has 1 amide bonds. The minimum absolute atomic E-state index is 0.229. The van der Waals surface area contributed by atoms with Gasteiger partial charge in [0.15, 0.2) is 0 Å². The number of hydrogen-bond acceptors (Lipinski definition) is 1. The van der Waals surface area contributed by atoms with Gasteiger partial charge in [-0.25, -0.2) is 0 Å². The van der Waals surface area contributed by atoms with Gasteiger partial charge in [-0.15, -0.1) is 0 Å². The van der Waals surface area contributed by atoms with E-state index < -0.39 is 0 Å². The molecule has 0 unspecified atom stereocenters. The molecule has 1 aromatic heterocycles. The molecule has 4 rings (SSSR count). The minimum atomic E-state index is 0.229. The molecule has 0 atom stereocenters. The van der Waals surface area contributed by atoms with Gasteiger partial charge in [0.1, 0.15) is 0 Å². The Kier molecular flexibility index (Phi) is 3.92. The number of carbonyl (C=O) groups excluding carboxylic acids is 1. The summed E-state index contributed by atoms with van der Waals surface area (Å²) in [7, 11) is 0. The molecule has 3 aromatic rings. The van der Waals surface area contributed by atoms with Crippen molar-refractivity contribution in [1.82, 2.24) is 4.57 Å². The molecule has 0 bridgehead atoms. The van der Waals surface area contributed by atoms with Crippen LogP contribution in [0, 0.1) is 13.8 Å². The van der Waals surface area contributed by atoms with Crippen molar-refractivity contribution in [3.05, 3.63) is 72.1 Å². The number of aromatic nitrogens is 1. The van der Waals surface area contributed by atoms with Crippen molar-refractivity contribution in [3.8, 4) is 16.8 Å². The first kappa shape index (κ1) is 15.7. The van der Waals surface area contributed by atoms with E-state index in [0.717, 1.165) is 24.3 Å². The van der Waals surface area contributed by atoms with Crippen molar-refractivity contribution in [2.45, 2.75) is 26.7 Å². The minimum Gasteiger partial charge on any atom is -0.324 e. The maximum atomic E-state index is 12.1. The van der Waals surface area contributed by atoms with Crippen LogP contribution in [0.1, 0.15) is 24.0 Å². The summed E-state index contributed by atoms with van der Waals surface area (Å²) in [6.07, 6.45) is 5.72. The van der Waals surface area contributed by atoms with Crippen LogP contribution in [0.4, 0.5) is 5.69 Å². The Morgan fingerprint density at radius 1 is 0.840 bits per heavy atom. The third-order valence-electron chi connectivity index (χ3n) is 5.02. The number of amides is 1. The van der Waals surface area contributed by atoms with Gasteiger partial charge in [0, 0.05) is 36.7 Å². The molecule has 0 saturated carbocycles. The smallest absolute Gasteiger partial charge is 0.227 e. The zero-order chi connectivity index (χ0) is 17.4. The standard InChI is InChI=1S/C22H22N2O/c1-16-7-9-18(23-11-3-4-12-23)14-20(16)21-15-19(10-8-17(21)2)24-13-5-6-22(24)25/h3-4,7-12,14-15H,5-6,13H2,1-2H3. The van der Waals surface area contributed by atoms with E-state index in [-0.39, 0.29) is 5.91 Å². The number of benzene rings is 2. The number of aryl methyl sites for hydroxylation is 2. The molecule has 0 radical (unpaired) electrons. The molecule has 126 valence electrons. The second kappa shape index (κ2) is 6.25. The molecule has 2 aromatic carbocycles. The van der Waals surface area contributed by atoms with E-state index >= 15 is 0 Å². The van der Waals surface area contributed by atoms with Gasteiger partial charge >= 0.3 is 0 Å². The Morgan fingerprint density at radius 2 is 1.44 bits per heavy atom. The van der Waals surface area contributed by atoms with Crippen LogP contribution in [0.25, 0.3) is 16.8 Å². The molecular formula is C22H22N2O. The van der Waals surface area contributed by atoms with Crippen LogP contribution in [0.5, 0.6) is 0 Å². The summed E-state index contributed by atoms with van der Waals surface area (Å²) < 4.78 is 2.12. The van der Waals surface area contributed by atoms with Gasteiger partial charge in [-0.2, -0.15) is 0 Å². The summed E-state index contributed by atoms with van der Waals surface area (Å²) in [5.41, 5.74) is 7.04. The van der Waals surface area contributed by atoms with Crippen LogP contribution >= 0.6 is 0 Å². The maximum Gasteiger partial charge on any atom is 0.227 e. The van der Waals surface area contributed by atoms with E-state index in [9.17, 15) is 4.79 Å². The first-order valence-corrected chi connectivity index (χ1v) is 8.79. The van der Waals surface area contributed by atoms with Crippen LogP contribution in [0.2, 0.25) is 0 Å². The number of carbonyl (C=O) groups is 1. The zero-order valence-electron chi connectivity index (χ0n) is 14.7. The molecule has 3 heteroatoms. The molecular weight excluding hydrogens is 308 g/mol. The summed E-state index contributed by atoms with van der Waals surface area (Å²) in [6, 6.07) is 17.0. The monoisotopic (exact) mass is 330 g/mol. The predicted molar refractivity (Wildman–Crippen MR) is 102 cm³/mol. The van der Waals surface area contributed by atoms with Crippen molar-refractivity contribution in [3.63, 3.8) is 0 Å². The van der Waals surface area contributed by atoms with Crippen LogP contribution in [0.15, 0.2) is 60.9 Å². The predicted octanol–water partition coefficient (Wildman–Crippen LogP) is 4.89. The fourth-order valence-electron chi connectivity index (χ4n) is 3.56. The van der Waals surface area contributed by atoms with Gasteiger partial charge in [-0.3, -0.25) is 4.79 Å². The molecule has 25 heavy (non-hydrogen) atoms. The molecule has 1 saturated heterocycles. The fraction of sp³-hybridized carbons (Fsp3) is 0.227. The quantitative estimate of drug-likeness (QED) is 0.671. The van der Waals surface area contributed by atoms with E-state index in [2.05, 4.69) is 67.2 Å². The highest BCUT2D eigenvalue weighted by Gasteiger charge is 2.22. The largest absolute Gasteiger partial charge is 0.324 e. The number of rotatable bonds is 3. The number of nitrogens with zero attached hydrogens (tertiary/aromatic N) is 2. The van der Waals surface area contributed by atoms with Crippen LogP contribution in [-0.4, -0.2) is 17.0 Å². The summed E-state index contributed by atoms with van der Waals surface area (Å²) in [5.74, 6) is 0.229. The van der Waals surface area contributed by atoms with Gasteiger partial charge in [0.2, 0.25) is 5.91 Å². The Hall–Kier alpha value is -2.81. The fourth-order valence-corrected chi connectivity index (χ4v) is 3.56. The molecule has 0 spiro atoms. The van der Waals surface area contributed by atoms with Crippen LogP contribution < -0.4 is 4.90 Å². The topological polar surface area (TPSA) is 25.2 Å². The second-order valence-electron chi connectivity index (χ2n) is 6.74. The summed E-state index contributed by atoms with van der Waals surface area (Å²) >= 11 is 0. The average molecular weight is 330 g/mol. The van der Waals surface area contributed by atoms with Crippen LogP contribution in [0.3, 0.4) is 0 Å². The van der Waals surface area contributed by atoms with E-state index in [0.29, 0.717) is 6.42 Å². The molecule has 0 aliphatic carbocycles. The highest BCUT2D eigenvalue weighted by atomic mass is 16.2. The van der Waals surface area contributed by atoms with Gasteiger partial charge in [-0.1, -0.05) is 12.1 Å². The second-order valence-corrected chi connectivity index (χ2v) is 6.74. The lowest BCUT2D eigenvalue weighted by molar-refractivity contribution is -0.117. The van der Waals surface area contributed by atoms with Gasteiger partial charge in [0.25, 0.3) is 0 Å². The van der Waals surface area contributed by atoms with Crippen molar-refractivity contribution < 1.29 is 4.79 Å². The normalized spacial score (nSPS) is 14.3. The summed E-state index contributed by atoms with van der Waals surface area (Å²) in [4.78, 5) is 14.0. The summed E-state index contributed by atoms with van der Waals surface area (Å²) in [5, 5.41) is 0. The molecule has 2 heterocycles. The molecule has 0 N–H and O–H groups in total. The highest BCUT2D eigenvalue weighted by molar-refractivity contribution is 5.96. The van der Waals surface area contributed by atoms with Gasteiger partial charge in [-0.05, 0) is 78.9 Å². The van der Waals surface area contributed by atoms with Gasteiger partial charge < -0.3 is 9.47 Å². The Labute approximate surface area is 148 Å². The third-order valence-corrected chi connectivity index (χ3v) is 5.02. The van der Waals surface area contributed by atoms with E-state index in [4.69, 9.17) is 0 Å². The lowest BCUT2D eigenvalue weighted by Gasteiger charge is -2.19. The van der Waals surface area contributed by atoms with Crippen molar-refractivity contribution in [2.24, 2.45) is 0 Å². The van der Waals surface area contributed by atoms with E-state index in [1.54, 1.807) is 0 Å². The lowest BCUT2D eigenvalue weighted by atomic mass is 9.95. The Bertz CT molecular complexity index is 925. The highest BCUT2D eigenvalue weighted by Crippen LogP contribution is 2.33. The van der Waals surface area contributed by atoms with Crippen molar-refractivity contribution in [2.75, 3.05) is 11.4 Å². The first-order chi connectivity index (χ1) is 12.1. The number of hydrogen-bond donors (Lipinski definition) is 0. The maximum absolute atomic E-state index is 12.1. The van der Waals surface area contributed by atoms with Crippen LogP contribution in [-0.2, 0) is 4.79 Å². The third kappa shape index (κ3) is 2.86. The van der Waals surface area contributed by atoms with Crippen molar-refractivity contribution >= 4 is 11.6 Å². The summed E-state index contributed by atoms with van der Waals surface area (Å²) in [6.45, 7) is 5.10. The first-order valence-electron chi connectivity index (χ1n) is 8.79. The zero-order valence-corrected chi connectivity index (χ0v) is 14.7. The lowest BCUT2D eigenvalue weighted by Crippen LogP contribution is -2.23. The average Bonchev–Trinajstić information content (AvgIpc) is 3.28.